The molecule has 0 aliphatic heterocycles. The van der Waals surface area contributed by atoms with Crippen LogP contribution in [0.3, 0.4) is 0 Å². The SMILES string of the molecule is COCCOCCNC(=O)CC1CCCC(N)C1. The Morgan fingerprint density at radius 1 is 1.33 bits per heavy atom. The normalized spacial score (nSPS) is 23.9. The van der Waals surface area contributed by atoms with Gasteiger partial charge in [-0.1, -0.05) is 6.42 Å². The maximum atomic E-state index is 11.7. The number of nitrogens with one attached hydrogen (secondary N) is 1. The Bertz CT molecular complexity index is 236. The lowest BCUT2D eigenvalue weighted by Gasteiger charge is -2.26. The van der Waals surface area contributed by atoms with Crippen molar-refractivity contribution in [3.05, 3.63) is 0 Å². The van der Waals surface area contributed by atoms with Crippen molar-refractivity contribution in [3.8, 4) is 0 Å². The molecule has 0 radical (unpaired) electrons. The topological polar surface area (TPSA) is 73.6 Å². The van der Waals surface area contributed by atoms with Crippen LogP contribution in [0.25, 0.3) is 0 Å². The zero-order valence-electron chi connectivity index (χ0n) is 11.3. The van der Waals surface area contributed by atoms with Crippen LogP contribution in [-0.4, -0.2) is 45.4 Å². The minimum Gasteiger partial charge on any atom is -0.382 e. The molecule has 5 heteroatoms. The van der Waals surface area contributed by atoms with Gasteiger partial charge < -0.3 is 20.5 Å². The Morgan fingerprint density at radius 3 is 2.89 bits per heavy atom. The van der Waals surface area contributed by atoms with E-state index in [1.54, 1.807) is 7.11 Å². The Morgan fingerprint density at radius 2 is 2.17 bits per heavy atom. The number of hydrogen-bond acceptors (Lipinski definition) is 4. The van der Waals surface area contributed by atoms with Crippen molar-refractivity contribution >= 4 is 5.91 Å². The molecular formula is C13H26N2O3. The van der Waals surface area contributed by atoms with Gasteiger partial charge in [0.25, 0.3) is 0 Å². The fourth-order valence-corrected chi connectivity index (χ4v) is 2.36. The number of amides is 1. The highest BCUT2D eigenvalue weighted by Crippen LogP contribution is 2.25. The van der Waals surface area contributed by atoms with Crippen molar-refractivity contribution in [1.29, 1.82) is 0 Å². The Balaban J connectivity index is 1.99. The van der Waals surface area contributed by atoms with Crippen LogP contribution in [0, 0.1) is 5.92 Å². The van der Waals surface area contributed by atoms with Crippen LogP contribution >= 0.6 is 0 Å². The molecule has 3 N–H and O–H groups in total. The highest BCUT2D eigenvalue weighted by Gasteiger charge is 2.21. The van der Waals surface area contributed by atoms with Crippen LogP contribution in [0.4, 0.5) is 0 Å². The van der Waals surface area contributed by atoms with Crippen LogP contribution in [0.2, 0.25) is 0 Å². The fourth-order valence-electron chi connectivity index (χ4n) is 2.36. The average molecular weight is 258 g/mol. The lowest BCUT2D eigenvalue weighted by atomic mass is 9.84. The first kappa shape index (κ1) is 15.4. The zero-order chi connectivity index (χ0) is 13.2. The summed E-state index contributed by atoms with van der Waals surface area (Å²) >= 11 is 0. The first-order valence-corrected chi connectivity index (χ1v) is 6.81. The molecule has 0 aromatic rings. The Kier molecular flexibility index (Phi) is 7.96. The smallest absolute Gasteiger partial charge is 0.220 e. The van der Waals surface area contributed by atoms with Gasteiger partial charge >= 0.3 is 0 Å². The summed E-state index contributed by atoms with van der Waals surface area (Å²) in [6, 6.07) is 0.286. The van der Waals surface area contributed by atoms with Crippen LogP contribution < -0.4 is 11.1 Å². The van der Waals surface area contributed by atoms with Gasteiger partial charge in [0.2, 0.25) is 5.91 Å². The van der Waals surface area contributed by atoms with E-state index in [1.165, 1.54) is 0 Å². The summed E-state index contributed by atoms with van der Waals surface area (Å²) in [4.78, 5) is 11.7. The summed E-state index contributed by atoms with van der Waals surface area (Å²) in [5.74, 6) is 0.576. The summed E-state index contributed by atoms with van der Waals surface area (Å²) in [5.41, 5.74) is 5.91. The second kappa shape index (κ2) is 9.30. The van der Waals surface area contributed by atoms with Gasteiger partial charge in [-0.3, -0.25) is 4.79 Å². The van der Waals surface area contributed by atoms with E-state index >= 15 is 0 Å². The van der Waals surface area contributed by atoms with E-state index < -0.39 is 0 Å². The molecule has 1 amide bonds. The van der Waals surface area contributed by atoms with Crippen molar-refractivity contribution < 1.29 is 14.3 Å². The number of hydrogen-bond donors (Lipinski definition) is 2. The number of methoxy groups -OCH3 is 1. The summed E-state index contributed by atoms with van der Waals surface area (Å²) in [6.07, 6.45) is 4.97. The van der Waals surface area contributed by atoms with E-state index in [1.807, 2.05) is 0 Å². The molecule has 2 unspecified atom stereocenters. The van der Waals surface area contributed by atoms with Crippen molar-refractivity contribution in [2.24, 2.45) is 11.7 Å². The maximum Gasteiger partial charge on any atom is 0.220 e. The number of carbonyl (C=O) groups excluding carboxylic acids is 1. The molecule has 0 spiro atoms. The Hall–Kier alpha value is -0.650. The Labute approximate surface area is 109 Å². The number of carbonyl (C=O) groups is 1. The standard InChI is InChI=1S/C13H26N2O3/c1-17-7-8-18-6-5-15-13(16)10-11-3-2-4-12(14)9-11/h11-12H,2-10,14H2,1H3,(H,15,16). The molecule has 0 saturated heterocycles. The van der Waals surface area contributed by atoms with E-state index in [2.05, 4.69) is 5.32 Å². The lowest BCUT2D eigenvalue weighted by Crippen LogP contribution is -2.33. The first-order chi connectivity index (χ1) is 8.72. The second-order valence-corrected chi connectivity index (χ2v) is 4.95. The van der Waals surface area contributed by atoms with E-state index in [0.29, 0.717) is 38.7 Å². The van der Waals surface area contributed by atoms with Crippen molar-refractivity contribution in [2.45, 2.75) is 38.1 Å². The second-order valence-electron chi connectivity index (χ2n) is 4.95. The van der Waals surface area contributed by atoms with Gasteiger partial charge in [-0.15, -0.1) is 0 Å². The quantitative estimate of drug-likeness (QED) is 0.628. The molecule has 0 aromatic carbocycles. The number of rotatable bonds is 8. The molecule has 1 aliphatic carbocycles. The molecule has 1 rings (SSSR count). The summed E-state index contributed by atoms with van der Waals surface area (Å²) in [6.45, 7) is 2.28. The van der Waals surface area contributed by atoms with Gasteiger partial charge in [0.1, 0.15) is 0 Å². The molecule has 0 bridgehead atoms. The maximum absolute atomic E-state index is 11.7. The zero-order valence-corrected chi connectivity index (χ0v) is 11.3. The molecule has 1 aliphatic rings. The predicted octanol–water partition coefficient (Wildman–Crippen LogP) is 0.673. The largest absolute Gasteiger partial charge is 0.382 e. The predicted molar refractivity (Wildman–Crippen MR) is 70.3 cm³/mol. The molecule has 0 heterocycles. The molecule has 2 atom stereocenters. The first-order valence-electron chi connectivity index (χ1n) is 6.81. The van der Waals surface area contributed by atoms with Gasteiger partial charge in [0.05, 0.1) is 19.8 Å². The van der Waals surface area contributed by atoms with E-state index in [-0.39, 0.29) is 11.9 Å². The van der Waals surface area contributed by atoms with Crippen molar-refractivity contribution in [1.82, 2.24) is 5.32 Å². The van der Waals surface area contributed by atoms with Crippen LogP contribution in [0.1, 0.15) is 32.1 Å². The highest BCUT2D eigenvalue weighted by molar-refractivity contribution is 5.76. The third-order valence-electron chi connectivity index (χ3n) is 3.30. The highest BCUT2D eigenvalue weighted by atomic mass is 16.5. The summed E-state index contributed by atoms with van der Waals surface area (Å²) in [5, 5.41) is 2.88. The van der Waals surface area contributed by atoms with Gasteiger partial charge in [-0.05, 0) is 25.2 Å². The third-order valence-corrected chi connectivity index (χ3v) is 3.30. The third kappa shape index (κ3) is 6.93. The molecule has 0 aromatic heterocycles. The van der Waals surface area contributed by atoms with Crippen LogP contribution in [-0.2, 0) is 14.3 Å². The molecule has 1 fully saturated rings. The van der Waals surface area contributed by atoms with E-state index in [0.717, 1.165) is 25.7 Å². The number of ether oxygens (including phenoxy) is 2. The van der Waals surface area contributed by atoms with Crippen LogP contribution in [0.15, 0.2) is 0 Å². The summed E-state index contributed by atoms with van der Waals surface area (Å²) in [7, 11) is 1.64. The van der Waals surface area contributed by atoms with Gasteiger partial charge in [0, 0.05) is 26.1 Å². The molecule has 18 heavy (non-hydrogen) atoms. The van der Waals surface area contributed by atoms with Gasteiger partial charge in [0.15, 0.2) is 0 Å². The van der Waals surface area contributed by atoms with Gasteiger partial charge in [-0.2, -0.15) is 0 Å². The molecule has 5 nitrogen and oxygen atoms in total. The minimum atomic E-state index is 0.115. The average Bonchev–Trinajstić information content (AvgIpc) is 2.33. The summed E-state index contributed by atoms with van der Waals surface area (Å²) < 4.78 is 10.1. The van der Waals surface area contributed by atoms with Crippen LogP contribution in [0.5, 0.6) is 0 Å². The van der Waals surface area contributed by atoms with E-state index in [4.69, 9.17) is 15.2 Å². The fraction of sp³-hybridized carbons (Fsp3) is 0.923. The molecule has 106 valence electrons. The molecule has 1 saturated carbocycles. The lowest BCUT2D eigenvalue weighted by molar-refractivity contribution is -0.122. The van der Waals surface area contributed by atoms with Gasteiger partial charge in [-0.25, -0.2) is 0 Å². The van der Waals surface area contributed by atoms with E-state index in [9.17, 15) is 4.79 Å². The monoisotopic (exact) mass is 258 g/mol. The van der Waals surface area contributed by atoms with Crippen molar-refractivity contribution in [3.63, 3.8) is 0 Å². The molecular weight excluding hydrogens is 232 g/mol. The number of nitrogens with two attached hydrogens (primary N) is 1. The van der Waals surface area contributed by atoms with Crippen molar-refractivity contribution in [2.75, 3.05) is 33.5 Å². The minimum absolute atomic E-state index is 0.115.